The molecule has 1 aliphatic heterocycles. The number of aryl methyl sites for hydroxylation is 1. The summed E-state index contributed by atoms with van der Waals surface area (Å²) in [5.41, 5.74) is 5.37. The van der Waals surface area contributed by atoms with Crippen molar-refractivity contribution in [2.75, 3.05) is 6.61 Å². The van der Waals surface area contributed by atoms with Gasteiger partial charge in [0.25, 0.3) is 0 Å². The molecular formula is C17H16F2N2O3. The summed E-state index contributed by atoms with van der Waals surface area (Å²) in [6.07, 6.45) is 0. The Morgan fingerprint density at radius 2 is 2.04 bits per heavy atom. The van der Waals surface area contributed by atoms with Crippen LogP contribution in [0.4, 0.5) is 8.78 Å². The quantitative estimate of drug-likeness (QED) is 0.859. The molecule has 1 unspecified atom stereocenters. The minimum absolute atomic E-state index is 0.0775. The van der Waals surface area contributed by atoms with Gasteiger partial charge in [0, 0.05) is 5.56 Å². The zero-order valence-corrected chi connectivity index (χ0v) is 13.4. The van der Waals surface area contributed by atoms with Crippen molar-refractivity contribution in [2.45, 2.75) is 26.7 Å². The smallest absolute Gasteiger partial charge is 0.338 e. The Labute approximate surface area is 138 Å². The maximum absolute atomic E-state index is 14.5. The van der Waals surface area contributed by atoms with Crippen LogP contribution in [-0.4, -0.2) is 12.6 Å². The summed E-state index contributed by atoms with van der Waals surface area (Å²) < 4.78 is 38.6. The first-order valence-electron chi connectivity index (χ1n) is 7.23. The van der Waals surface area contributed by atoms with Gasteiger partial charge < -0.3 is 15.2 Å². The van der Waals surface area contributed by atoms with Crippen LogP contribution in [0, 0.1) is 29.9 Å². The van der Waals surface area contributed by atoms with Crippen LogP contribution in [0.1, 0.15) is 30.9 Å². The average Bonchev–Trinajstić information content (AvgIpc) is 2.52. The molecule has 0 fully saturated rings. The molecule has 0 bridgehead atoms. The number of hydrogen-bond donors (Lipinski definition) is 1. The number of halogens is 2. The van der Waals surface area contributed by atoms with Crippen molar-refractivity contribution in [3.63, 3.8) is 0 Å². The molecule has 1 aromatic carbocycles. The Hall–Kier alpha value is -2.88. The van der Waals surface area contributed by atoms with Crippen LogP contribution < -0.4 is 5.73 Å². The third kappa shape index (κ3) is 2.83. The number of carbonyl (C=O) groups excluding carboxylic acids is 1. The van der Waals surface area contributed by atoms with Crippen molar-refractivity contribution < 1.29 is 23.0 Å². The SMILES string of the molecule is CCOC(=O)C1=C(C)OC(N)=C(C#N)C1c1ccc(C)c(F)c1F. The lowest BCUT2D eigenvalue weighted by atomic mass is 9.82. The van der Waals surface area contributed by atoms with Gasteiger partial charge >= 0.3 is 5.97 Å². The fraction of sp³-hybridized carbons (Fsp3) is 0.294. The average molecular weight is 334 g/mol. The molecule has 0 saturated heterocycles. The number of esters is 1. The van der Waals surface area contributed by atoms with Crippen molar-refractivity contribution in [2.24, 2.45) is 5.73 Å². The zero-order chi connectivity index (χ0) is 18.0. The van der Waals surface area contributed by atoms with E-state index in [1.807, 2.05) is 6.07 Å². The fourth-order valence-corrected chi connectivity index (χ4v) is 2.55. The molecule has 2 N–H and O–H groups in total. The number of rotatable bonds is 3. The second-order valence-corrected chi connectivity index (χ2v) is 5.21. The first-order valence-corrected chi connectivity index (χ1v) is 7.23. The molecule has 0 saturated carbocycles. The van der Waals surface area contributed by atoms with Crippen molar-refractivity contribution >= 4 is 5.97 Å². The highest BCUT2D eigenvalue weighted by Gasteiger charge is 2.38. The molecule has 24 heavy (non-hydrogen) atoms. The van der Waals surface area contributed by atoms with E-state index in [9.17, 15) is 18.8 Å². The van der Waals surface area contributed by atoms with Crippen LogP contribution in [-0.2, 0) is 14.3 Å². The fourth-order valence-electron chi connectivity index (χ4n) is 2.55. The van der Waals surface area contributed by atoms with Crippen LogP contribution >= 0.6 is 0 Å². The monoisotopic (exact) mass is 334 g/mol. The summed E-state index contributed by atoms with van der Waals surface area (Å²) in [7, 11) is 0. The van der Waals surface area contributed by atoms with Gasteiger partial charge in [-0.1, -0.05) is 12.1 Å². The van der Waals surface area contributed by atoms with E-state index in [-0.39, 0.29) is 40.5 Å². The summed E-state index contributed by atoms with van der Waals surface area (Å²) in [4.78, 5) is 12.3. The Morgan fingerprint density at radius 1 is 1.38 bits per heavy atom. The van der Waals surface area contributed by atoms with Gasteiger partial charge in [-0.15, -0.1) is 0 Å². The number of carbonyl (C=O) groups is 1. The lowest BCUT2D eigenvalue weighted by molar-refractivity contribution is -0.139. The number of nitrogens with two attached hydrogens (primary N) is 1. The van der Waals surface area contributed by atoms with E-state index < -0.39 is 23.5 Å². The molecule has 7 heteroatoms. The Morgan fingerprint density at radius 3 is 2.62 bits per heavy atom. The van der Waals surface area contributed by atoms with Gasteiger partial charge in [-0.05, 0) is 26.3 Å². The second-order valence-electron chi connectivity index (χ2n) is 5.21. The first-order chi connectivity index (χ1) is 11.3. The van der Waals surface area contributed by atoms with E-state index >= 15 is 0 Å². The largest absolute Gasteiger partial charge is 0.463 e. The van der Waals surface area contributed by atoms with E-state index in [1.165, 1.54) is 26.0 Å². The van der Waals surface area contributed by atoms with Gasteiger partial charge in [0.05, 0.1) is 18.1 Å². The number of benzene rings is 1. The number of nitriles is 1. The summed E-state index contributed by atoms with van der Waals surface area (Å²) in [5.74, 6) is -4.34. The molecule has 1 atom stereocenters. The van der Waals surface area contributed by atoms with E-state index in [4.69, 9.17) is 15.2 Å². The third-order valence-corrected chi connectivity index (χ3v) is 3.72. The Kier molecular flexibility index (Phi) is 4.88. The molecule has 0 radical (unpaired) electrons. The molecule has 1 aliphatic rings. The van der Waals surface area contributed by atoms with Crippen LogP contribution in [0.5, 0.6) is 0 Å². The van der Waals surface area contributed by atoms with Gasteiger partial charge in [0.2, 0.25) is 5.88 Å². The molecule has 2 rings (SSSR count). The van der Waals surface area contributed by atoms with Gasteiger partial charge in [-0.2, -0.15) is 5.26 Å². The van der Waals surface area contributed by atoms with Crippen LogP contribution in [0.25, 0.3) is 0 Å². The highest BCUT2D eigenvalue weighted by molar-refractivity contribution is 5.92. The van der Waals surface area contributed by atoms with E-state index in [1.54, 1.807) is 6.92 Å². The summed E-state index contributed by atoms with van der Waals surface area (Å²) in [6.45, 7) is 4.54. The number of ether oxygens (including phenoxy) is 2. The van der Waals surface area contributed by atoms with Crippen LogP contribution in [0.15, 0.2) is 34.9 Å². The molecule has 0 aromatic heterocycles. The predicted molar refractivity (Wildman–Crippen MR) is 81.1 cm³/mol. The van der Waals surface area contributed by atoms with E-state index in [0.29, 0.717) is 0 Å². The minimum atomic E-state index is -1.20. The van der Waals surface area contributed by atoms with Gasteiger partial charge in [0.1, 0.15) is 17.4 Å². The Bertz CT molecular complexity index is 807. The summed E-state index contributed by atoms with van der Waals surface area (Å²) in [6, 6.07) is 4.50. The molecule has 0 spiro atoms. The molecular weight excluding hydrogens is 318 g/mol. The molecule has 5 nitrogen and oxygen atoms in total. The molecule has 1 aromatic rings. The van der Waals surface area contributed by atoms with Gasteiger partial charge in [-0.3, -0.25) is 0 Å². The predicted octanol–water partition coefficient (Wildman–Crippen LogP) is 2.92. The van der Waals surface area contributed by atoms with Crippen LogP contribution in [0.3, 0.4) is 0 Å². The van der Waals surface area contributed by atoms with Crippen molar-refractivity contribution in [3.8, 4) is 6.07 Å². The lowest BCUT2D eigenvalue weighted by Crippen LogP contribution is -2.26. The van der Waals surface area contributed by atoms with Gasteiger partial charge in [-0.25, -0.2) is 13.6 Å². The summed E-state index contributed by atoms with van der Waals surface area (Å²) in [5, 5.41) is 9.36. The number of nitrogens with zero attached hydrogens (tertiary/aromatic N) is 1. The normalized spacial score (nSPS) is 17.4. The number of allylic oxidation sites excluding steroid dienone is 2. The van der Waals surface area contributed by atoms with Crippen molar-refractivity contribution in [3.05, 3.63) is 57.7 Å². The zero-order valence-electron chi connectivity index (χ0n) is 13.4. The van der Waals surface area contributed by atoms with E-state index in [0.717, 1.165) is 0 Å². The Balaban J connectivity index is 2.72. The molecule has 1 heterocycles. The van der Waals surface area contributed by atoms with Crippen molar-refractivity contribution in [1.29, 1.82) is 5.26 Å². The summed E-state index contributed by atoms with van der Waals surface area (Å²) >= 11 is 0. The highest BCUT2D eigenvalue weighted by atomic mass is 19.2. The van der Waals surface area contributed by atoms with Gasteiger partial charge in [0.15, 0.2) is 11.6 Å². The minimum Gasteiger partial charge on any atom is -0.463 e. The maximum Gasteiger partial charge on any atom is 0.338 e. The number of hydrogen-bond acceptors (Lipinski definition) is 5. The molecule has 126 valence electrons. The lowest BCUT2D eigenvalue weighted by Gasteiger charge is -2.27. The second kappa shape index (κ2) is 6.71. The van der Waals surface area contributed by atoms with Crippen LogP contribution in [0.2, 0.25) is 0 Å². The van der Waals surface area contributed by atoms with E-state index in [2.05, 4.69) is 0 Å². The standard InChI is InChI=1S/C17H16F2N2O3/c1-4-23-17(22)12-9(3)24-16(21)11(7-20)13(12)10-6-5-8(2)14(18)15(10)19/h5-6,13H,4,21H2,1-3H3. The highest BCUT2D eigenvalue weighted by Crippen LogP contribution is 2.41. The first kappa shape index (κ1) is 17.5. The molecule has 0 aliphatic carbocycles. The molecule has 0 amide bonds. The maximum atomic E-state index is 14.5. The topological polar surface area (TPSA) is 85.3 Å². The third-order valence-electron chi connectivity index (χ3n) is 3.72. The van der Waals surface area contributed by atoms with Crippen molar-refractivity contribution in [1.82, 2.24) is 0 Å².